The van der Waals surface area contributed by atoms with Gasteiger partial charge < -0.3 is 9.84 Å². The Morgan fingerprint density at radius 1 is 1.17 bits per heavy atom. The van der Waals surface area contributed by atoms with Gasteiger partial charge in [-0.05, 0) is 17.7 Å². The lowest BCUT2D eigenvalue weighted by molar-refractivity contribution is 0.0181. The second-order valence-electron chi connectivity index (χ2n) is 5.22. The minimum absolute atomic E-state index is 0.0818. The van der Waals surface area contributed by atoms with Crippen molar-refractivity contribution in [2.75, 3.05) is 6.61 Å². The molecule has 2 aromatic heterocycles. The lowest BCUT2D eigenvalue weighted by Gasteiger charge is -2.12. The molecule has 3 rings (SSSR count). The molecule has 0 aliphatic carbocycles. The van der Waals surface area contributed by atoms with Crippen LogP contribution in [0.1, 0.15) is 5.56 Å². The molecule has 3 aromatic rings. The van der Waals surface area contributed by atoms with E-state index in [-0.39, 0.29) is 18.7 Å². The first-order valence-corrected chi connectivity index (χ1v) is 7.34. The second kappa shape index (κ2) is 7.13. The van der Waals surface area contributed by atoms with Crippen LogP contribution in [0, 0.1) is 0 Å². The van der Waals surface area contributed by atoms with Gasteiger partial charge in [0.2, 0.25) is 0 Å². The molecule has 2 heterocycles. The molecular weight excluding hydrogens is 294 g/mol. The summed E-state index contributed by atoms with van der Waals surface area (Å²) in [6.07, 6.45) is 2.33. The molecule has 0 fully saturated rings. The fraction of sp³-hybridized carbons (Fsp3) is 0.235. The van der Waals surface area contributed by atoms with Gasteiger partial charge in [0, 0.05) is 6.20 Å². The molecule has 0 unspecified atom stereocenters. The van der Waals surface area contributed by atoms with Gasteiger partial charge in [-0.2, -0.15) is 5.10 Å². The number of hydrogen-bond donors (Lipinski definition) is 1. The van der Waals surface area contributed by atoms with E-state index in [1.165, 1.54) is 10.9 Å². The highest BCUT2D eigenvalue weighted by molar-refractivity contribution is 5.75. The lowest BCUT2D eigenvalue weighted by Crippen LogP contribution is -2.31. The smallest absolute Gasteiger partial charge is 0.276 e. The molecule has 6 nitrogen and oxygen atoms in total. The SMILES string of the molecule is O=c1c2cccnc2cnn1C[C@H](O)COCc1ccccc1. The van der Waals surface area contributed by atoms with Crippen LogP contribution in [0.3, 0.4) is 0 Å². The van der Waals surface area contributed by atoms with Crippen LogP contribution in [-0.2, 0) is 17.9 Å². The minimum atomic E-state index is -0.807. The number of nitrogens with zero attached hydrogens (tertiary/aromatic N) is 3. The van der Waals surface area contributed by atoms with Gasteiger partial charge in [-0.3, -0.25) is 9.78 Å². The van der Waals surface area contributed by atoms with E-state index in [4.69, 9.17) is 4.74 Å². The molecule has 0 amide bonds. The number of aromatic nitrogens is 3. The first-order valence-electron chi connectivity index (χ1n) is 7.34. The third-order valence-corrected chi connectivity index (χ3v) is 3.43. The van der Waals surface area contributed by atoms with Crippen LogP contribution in [-0.4, -0.2) is 32.6 Å². The summed E-state index contributed by atoms with van der Waals surface area (Å²) in [5, 5.41) is 14.6. The van der Waals surface area contributed by atoms with E-state index < -0.39 is 6.10 Å². The van der Waals surface area contributed by atoms with Crippen LogP contribution >= 0.6 is 0 Å². The van der Waals surface area contributed by atoms with E-state index in [0.717, 1.165) is 5.56 Å². The van der Waals surface area contributed by atoms with Gasteiger partial charge >= 0.3 is 0 Å². The molecule has 1 N–H and O–H groups in total. The Morgan fingerprint density at radius 2 is 2.00 bits per heavy atom. The topological polar surface area (TPSA) is 77.2 Å². The largest absolute Gasteiger partial charge is 0.389 e. The zero-order valence-corrected chi connectivity index (χ0v) is 12.5. The van der Waals surface area contributed by atoms with Crippen molar-refractivity contribution in [3.63, 3.8) is 0 Å². The van der Waals surface area contributed by atoms with Crippen molar-refractivity contribution >= 4 is 10.9 Å². The van der Waals surface area contributed by atoms with Gasteiger partial charge in [0.25, 0.3) is 5.56 Å². The monoisotopic (exact) mass is 311 g/mol. The number of ether oxygens (including phenoxy) is 1. The quantitative estimate of drug-likeness (QED) is 0.744. The fourth-order valence-corrected chi connectivity index (χ4v) is 2.29. The molecule has 0 saturated heterocycles. The van der Waals surface area contributed by atoms with Crippen molar-refractivity contribution in [2.24, 2.45) is 0 Å². The third-order valence-electron chi connectivity index (χ3n) is 3.43. The van der Waals surface area contributed by atoms with Crippen LogP contribution < -0.4 is 5.56 Å². The molecule has 1 atom stereocenters. The molecule has 0 spiro atoms. The third kappa shape index (κ3) is 3.80. The van der Waals surface area contributed by atoms with E-state index in [0.29, 0.717) is 17.5 Å². The number of pyridine rings is 1. The predicted molar refractivity (Wildman–Crippen MR) is 85.9 cm³/mol. The van der Waals surface area contributed by atoms with Crippen molar-refractivity contribution in [2.45, 2.75) is 19.3 Å². The fourth-order valence-electron chi connectivity index (χ4n) is 2.29. The highest BCUT2D eigenvalue weighted by atomic mass is 16.5. The Hall–Kier alpha value is -2.57. The van der Waals surface area contributed by atoms with Gasteiger partial charge in [-0.15, -0.1) is 0 Å². The van der Waals surface area contributed by atoms with Crippen LogP contribution in [0.25, 0.3) is 10.9 Å². The van der Waals surface area contributed by atoms with Crippen LogP contribution in [0.5, 0.6) is 0 Å². The number of aliphatic hydroxyl groups is 1. The Kier molecular flexibility index (Phi) is 4.75. The number of fused-ring (bicyclic) bond motifs is 1. The first-order chi connectivity index (χ1) is 11.2. The summed E-state index contributed by atoms with van der Waals surface area (Å²) in [7, 11) is 0. The summed E-state index contributed by atoms with van der Waals surface area (Å²) in [6.45, 7) is 0.633. The molecule has 0 saturated carbocycles. The molecule has 118 valence electrons. The Labute approximate surface area is 133 Å². The standard InChI is InChI=1S/C17H17N3O3/c21-14(12-23-11-13-5-2-1-3-6-13)10-20-17(22)15-7-4-8-18-16(15)9-19-20/h1-9,14,21H,10-12H2/t14-/m0/s1. The van der Waals surface area contributed by atoms with Gasteiger partial charge in [-0.1, -0.05) is 30.3 Å². The van der Waals surface area contributed by atoms with Crippen molar-refractivity contribution < 1.29 is 9.84 Å². The summed E-state index contributed by atoms with van der Waals surface area (Å²) < 4.78 is 6.71. The van der Waals surface area contributed by atoms with E-state index >= 15 is 0 Å². The van der Waals surface area contributed by atoms with Gasteiger partial charge in [-0.25, -0.2) is 4.68 Å². The van der Waals surface area contributed by atoms with E-state index in [2.05, 4.69) is 10.1 Å². The Balaban J connectivity index is 1.60. The summed E-state index contributed by atoms with van der Waals surface area (Å²) in [4.78, 5) is 16.4. The predicted octanol–water partition coefficient (Wildman–Crippen LogP) is 1.37. The zero-order valence-electron chi connectivity index (χ0n) is 12.5. The molecule has 6 heteroatoms. The Bertz CT molecular complexity index is 833. The molecular formula is C17H17N3O3. The highest BCUT2D eigenvalue weighted by Crippen LogP contribution is 2.04. The summed E-state index contributed by atoms with van der Waals surface area (Å²) >= 11 is 0. The van der Waals surface area contributed by atoms with Crippen molar-refractivity contribution in [1.29, 1.82) is 0 Å². The zero-order chi connectivity index (χ0) is 16.1. The van der Waals surface area contributed by atoms with Crippen LogP contribution in [0.4, 0.5) is 0 Å². The molecule has 0 aliphatic rings. The molecule has 0 bridgehead atoms. The van der Waals surface area contributed by atoms with Crippen molar-refractivity contribution in [3.8, 4) is 0 Å². The van der Waals surface area contributed by atoms with Crippen LogP contribution in [0.15, 0.2) is 59.7 Å². The van der Waals surface area contributed by atoms with E-state index in [1.807, 2.05) is 30.3 Å². The molecule has 0 radical (unpaired) electrons. The number of benzene rings is 1. The van der Waals surface area contributed by atoms with Crippen LogP contribution in [0.2, 0.25) is 0 Å². The normalized spacial score (nSPS) is 12.4. The maximum atomic E-state index is 12.3. The van der Waals surface area contributed by atoms with Crippen molar-refractivity contribution in [3.05, 3.63) is 70.8 Å². The number of aliphatic hydroxyl groups excluding tert-OH is 1. The second-order valence-corrected chi connectivity index (χ2v) is 5.22. The minimum Gasteiger partial charge on any atom is -0.389 e. The molecule has 1 aromatic carbocycles. The van der Waals surface area contributed by atoms with Gasteiger partial charge in [0.1, 0.15) is 0 Å². The molecule has 0 aliphatic heterocycles. The Morgan fingerprint density at radius 3 is 2.83 bits per heavy atom. The van der Waals surface area contributed by atoms with Gasteiger partial charge in [0.05, 0.1) is 43.0 Å². The summed E-state index contributed by atoms with van der Waals surface area (Å²) in [6, 6.07) is 13.1. The number of rotatable bonds is 6. The maximum absolute atomic E-state index is 12.3. The average molecular weight is 311 g/mol. The summed E-state index contributed by atoms with van der Waals surface area (Å²) in [5.41, 5.74) is 1.31. The van der Waals surface area contributed by atoms with E-state index in [1.54, 1.807) is 18.3 Å². The van der Waals surface area contributed by atoms with Crippen molar-refractivity contribution in [1.82, 2.24) is 14.8 Å². The number of hydrogen-bond acceptors (Lipinski definition) is 5. The molecule has 23 heavy (non-hydrogen) atoms. The average Bonchev–Trinajstić information content (AvgIpc) is 2.59. The maximum Gasteiger partial charge on any atom is 0.276 e. The first kappa shape index (κ1) is 15.3. The lowest BCUT2D eigenvalue weighted by atomic mass is 10.2. The highest BCUT2D eigenvalue weighted by Gasteiger charge is 2.10. The van der Waals surface area contributed by atoms with E-state index in [9.17, 15) is 9.90 Å². The summed E-state index contributed by atoms with van der Waals surface area (Å²) in [5.74, 6) is 0. The van der Waals surface area contributed by atoms with Gasteiger partial charge in [0.15, 0.2) is 0 Å².